The highest BCUT2D eigenvalue weighted by atomic mass is 35.5. The van der Waals surface area contributed by atoms with E-state index in [9.17, 15) is 0 Å². The average Bonchev–Trinajstić information content (AvgIpc) is 2.90. The lowest BCUT2D eigenvalue weighted by Crippen LogP contribution is -2.40. The van der Waals surface area contributed by atoms with Crippen LogP contribution in [0.3, 0.4) is 0 Å². The van der Waals surface area contributed by atoms with E-state index in [1.165, 1.54) is 19.3 Å². The zero-order valence-corrected chi connectivity index (χ0v) is 12.5. The highest BCUT2D eigenvalue weighted by Crippen LogP contribution is 2.27. The smallest absolute Gasteiger partial charge is 0.177 e. The minimum atomic E-state index is -0.103. The van der Waals surface area contributed by atoms with Crippen LogP contribution in [0.25, 0.3) is 11.2 Å². The van der Waals surface area contributed by atoms with Crippen molar-refractivity contribution in [1.29, 1.82) is 0 Å². The summed E-state index contributed by atoms with van der Waals surface area (Å²) in [5.41, 5.74) is 2.99. The van der Waals surface area contributed by atoms with Gasteiger partial charge < -0.3 is 5.01 Å². The number of aryl methyl sites for hydroxylation is 2. The Labute approximate surface area is 118 Å². The molecule has 1 saturated heterocycles. The SMILES string of the molecule is Cc1nn(C)c2c1nc(C(C)Cl)n2N1CCCCC1. The predicted octanol–water partition coefficient (Wildman–Crippen LogP) is 2.50. The van der Waals surface area contributed by atoms with Gasteiger partial charge in [0.1, 0.15) is 11.3 Å². The number of rotatable bonds is 2. The van der Waals surface area contributed by atoms with E-state index in [0.29, 0.717) is 0 Å². The maximum absolute atomic E-state index is 6.32. The number of fused-ring (bicyclic) bond motifs is 1. The summed E-state index contributed by atoms with van der Waals surface area (Å²) in [4.78, 5) is 4.71. The molecule has 6 heteroatoms. The Morgan fingerprint density at radius 3 is 2.53 bits per heavy atom. The van der Waals surface area contributed by atoms with Crippen molar-refractivity contribution in [2.75, 3.05) is 18.1 Å². The summed E-state index contributed by atoms with van der Waals surface area (Å²) in [6.45, 7) is 6.10. The molecule has 3 heterocycles. The molecule has 1 unspecified atom stereocenters. The van der Waals surface area contributed by atoms with Gasteiger partial charge in [0, 0.05) is 20.1 Å². The molecule has 2 aromatic rings. The first kappa shape index (κ1) is 12.8. The monoisotopic (exact) mass is 281 g/mol. The largest absolute Gasteiger partial charge is 0.310 e. The molecule has 0 radical (unpaired) electrons. The van der Waals surface area contributed by atoms with Crippen molar-refractivity contribution in [1.82, 2.24) is 19.4 Å². The molecule has 0 spiro atoms. The fourth-order valence-corrected chi connectivity index (χ4v) is 3.03. The van der Waals surface area contributed by atoms with Crippen LogP contribution in [0.15, 0.2) is 0 Å². The van der Waals surface area contributed by atoms with Crippen molar-refractivity contribution >= 4 is 22.8 Å². The van der Waals surface area contributed by atoms with Gasteiger partial charge in [-0.15, -0.1) is 11.6 Å². The van der Waals surface area contributed by atoms with Crippen LogP contribution >= 0.6 is 11.6 Å². The second-order valence-corrected chi connectivity index (χ2v) is 5.95. The normalized spacial score (nSPS) is 18.2. The van der Waals surface area contributed by atoms with Crippen LogP contribution in [0.4, 0.5) is 0 Å². The summed E-state index contributed by atoms with van der Waals surface area (Å²) in [6.07, 6.45) is 3.77. The van der Waals surface area contributed by atoms with Crippen molar-refractivity contribution < 1.29 is 0 Å². The minimum absolute atomic E-state index is 0.103. The van der Waals surface area contributed by atoms with Crippen molar-refractivity contribution in [2.45, 2.75) is 38.5 Å². The molecular formula is C13H20ClN5. The van der Waals surface area contributed by atoms with Gasteiger partial charge in [0.15, 0.2) is 5.65 Å². The summed E-state index contributed by atoms with van der Waals surface area (Å²) in [6, 6.07) is 0. The van der Waals surface area contributed by atoms with Crippen molar-refractivity contribution in [2.24, 2.45) is 7.05 Å². The Morgan fingerprint density at radius 1 is 1.21 bits per heavy atom. The molecule has 2 aromatic heterocycles. The Morgan fingerprint density at radius 2 is 1.89 bits per heavy atom. The Balaban J connectivity index is 2.20. The fraction of sp³-hybridized carbons (Fsp3) is 0.692. The lowest BCUT2D eigenvalue weighted by atomic mass is 10.2. The van der Waals surface area contributed by atoms with E-state index in [4.69, 9.17) is 16.6 Å². The van der Waals surface area contributed by atoms with Gasteiger partial charge in [0.2, 0.25) is 0 Å². The van der Waals surface area contributed by atoms with Gasteiger partial charge in [-0.3, -0.25) is 0 Å². The summed E-state index contributed by atoms with van der Waals surface area (Å²) in [5, 5.41) is 6.72. The molecule has 0 saturated carbocycles. The summed E-state index contributed by atoms with van der Waals surface area (Å²) in [7, 11) is 1.97. The quantitative estimate of drug-likeness (QED) is 0.794. The van der Waals surface area contributed by atoms with Crippen LogP contribution in [-0.2, 0) is 7.05 Å². The molecule has 5 nitrogen and oxygen atoms in total. The van der Waals surface area contributed by atoms with Gasteiger partial charge >= 0.3 is 0 Å². The molecule has 0 N–H and O–H groups in total. The molecule has 104 valence electrons. The summed E-state index contributed by atoms with van der Waals surface area (Å²) >= 11 is 6.32. The molecule has 0 amide bonds. The van der Waals surface area contributed by atoms with Crippen LogP contribution in [-0.4, -0.2) is 32.5 Å². The Kier molecular flexibility index (Phi) is 3.17. The van der Waals surface area contributed by atoms with Crippen molar-refractivity contribution in [3.05, 3.63) is 11.5 Å². The zero-order chi connectivity index (χ0) is 13.6. The molecule has 1 aliphatic rings. The molecule has 0 bridgehead atoms. The number of imidazole rings is 1. The van der Waals surface area contributed by atoms with E-state index >= 15 is 0 Å². The van der Waals surface area contributed by atoms with Gasteiger partial charge in [-0.2, -0.15) is 5.10 Å². The maximum Gasteiger partial charge on any atom is 0.177 e. The van der Waals surface area contributed by atoms with E-state index in [2.05, 4.69) is 14.8 Å². The molecule has 19 heavy (non-hydrogen) atoms. The third-order valence-corrected chi connectivity index (χ3v) is 3.97. The van der Waals surface area contributed by atoms with E-state index in [0.717, 1.165) is 35.8 Å². The fourth-order valence-electron chi connectivity index (χ4n) is 2.89. The lowest BCUT2D eigenvalue weighted by molar-refractivity contribution is 0.469. The second kappa shape index (κ2) is 4.71. The third kappa shape index (κ3) is 2.00. The summed E-state index contributed by atoms with van der Waals surface area (Å²) in [5.74, 6) is 0.926. The van der Waals surface area contributed by atoms with Crippen molar-refractivity contribution in [3.63, 3.8) is 0 Å². The van der Waals surface area contributed by atoms with Crippen LogP contribution in [0.5, 0.6) is 0 Å². The molecule has 0 aliphatic carbocycles. The number of aromatic nitrogens is 4. The Bertz CT molecular complexity index is 592. The molecule has 3 rings (SSSR count). The van der Waals surface area contributed by atoms with Gasteiger partial charge in [-0.05, 0) is 33.1 Å². The van der Waals surface area contributed by atoms with Gasteiger partial charge in [0.25, 0.3) is 0 Å². The van der Waals surface area contributed by atoms with Gasteiger partial charge in [0.05, 0.1) is 11.1 Å². The first-order chi connectivity index (χ1) is 9.09. The highest BCUT2D eigenvalue weighted by Gasteiger charge is 2.24. The molecule has 1 atom stereocenters. The first-order valence-electron chi connectivity index (χ1n) is 6.91. The maximum atomic E-state index is 6.32. The minimum Gasteiger partial charge on any atom is -0.310 e. The van der Waals surface area contributed by atoms with Gasteiger partial charge in [-0.1, -0.05) is 0 Å². The average molecular weight is 282 g/mol. The first-order valence-corrected chi connectivity index (χ1v) is 7.34. The topological polar surface area (TPSA) is 38.9 Å². The number of nitrogens with zero attached hydrogens (tertiary/aromatic N) is 5. The van der Waals surface area contributed by atoms with Crippen LogP contribution in [0, 0.1) is 6.92 Å². The summed E-state index contributed by atoms with van der Waals surface area (Å²) < 4.78 is 4.10. The van der Waals surface area contributed by atoms with Gasteiger partial charge in [-0.25, -0.2) is 14.3 Å². The zero-order valence-electron chi connectivity index (χ0n) is 11.7. The van der Waals surface area contributed by atoms with Crippen molar-refractivity contribution in [3.8, 4) is 0 Å². The molecular weight excluding hydrogens is 262 g/mol. The molecule has 0 aromatic carbocycles. The number of piperidine rings is 1. The van der Waals surface area contributed by atoms with E-state index in [-0.39, 0.29) is 5.38 Å². The predicted molar refractivity (Wildman–Crippen MR) is 77.3 cm³/mol. The van der Waals surface area contributed by atoms with Crippen LogP contribution in [0.2, 0.25) is 0 Å². The Hall–Kier alpha value is -1.23. The number of halogens is 1. The standard InChI is InChI=1S/C13H20ClN5/c1-9(14)12-15-11-10(2)16-17(3)13(11)19(12)18-7-5-4-6-8-18/h9H,4-8H2,1-3H3. The molecule has 1 aliphatic heterocycles. The number of hydrogen-bond donors (Lipinski definition) is 0. The second-order valence-electron chi connectivity index (χ2n) is 5.29. The number of hydrogen-bond acceptors (Lipinski definition) is 3. The van der Waals surface area contributed by atoms with Crippen LogP contribution in [0.1, 0.15) is 43.1 Å². The molecule has 1 fully saturated rings. The number of alkyl halides is 1. The third-order valence-electron chi connectivity index (χ3n) is 3.78. The lowest BCUT2D eigenvalue weighted by Gasteiger charge is -2.31. The van der Waals surface area contributed by atoms with E-state index < -0.39 is 0 Å². The van der Waals surface area contributed by atoms with E-state index in [1.807, 2.05) is 25.6 Å². The highest BCUT2D eigenvalue weighted by molar-refractivity contribution is 6.20. The van der Waals surface area contributed by atoms with E-state index in [1.54, 1.807) is 0 Å². The van der Waals surface area contributed by atoms with Crippen LogP contribution < -0.4 is 5.01 Å².